The Morgan fingerprint density at radius 3 is 2.38 bits per heavy atom. The van der Waals surface area contributed by atoms with E-state index in [1.807, 2.05) is 43.5 Å². The van der Waals surface area contributed by atoms with Crippen LogP contribution in [0.5, 0.6) is 0 Å². The van der Waals surface area contributed by atoms with Gasteiger partial charge in [0.15, 0.2) is 0 Å². The molecule has 134 valence electrons. The van der Waals surface area contributed by atoms with Gasteiger partial charge < -0.3 is 5.32 Å². The highest BCUT2D eigenvalue weighted by Crippen LogP contribution is 2.15. The van der Waals surface area contributed by atoms with Gasteiger partial charge in [0, 0.05) is 12.1 Å². The molecular formula is C20H23N5O. The number of nitrogens with one attached hydrogen (secondary N) is 1. The van der Waals surface area contributed by atoms with Gasteiger partial charge in [-0.3, -0.25) is 9.36 Å². The molecule has 26 heavy (non-hydrogen) atoms. The average molecular weight is 349 g/mol. The molecule has 0 spiro atoms. The van der Waals surface area contributed by atoms with Crippen LogP contribution >= 0.6 is 0 Å². The van der Waals surface area contributed by atoms with E-state index in [-0.39, 0.29) is 5.91 Å². The van der Waals surface area contributed by atoms with Crippen LogP contribution in [0.2, 0.25) is 0 Å². The molecule has 0 bridgehead atoms. The van der Waals surface area contributed by atoms with E-state index in [1.165, 1.54) is 5.56 Å². The number of aromatic nitrogens is 4. The first kappa shape index (κ1) is 17.8. The van der Waals surface area contributed by atoms with Gasteiger partial charge in [-0.15, -0.1) is 0 Å². The minimum Gasteiger partial charge on any atom is -0.323 e. The molecule has 0 radical (unpaired) electrons. The molecule has 0 saturated heterocycles. The molecule has 1 aromatic carbocycles. The Bertz CT molecular complexity index is 885. The van der Waals surface area contributed by atoms with Gasteiger partial charge in [0.1, 0.15) is 5.82 Å². The van der Waals surface area contributed by atoms with Crippen LogP contribution in [-0.2, 0) is 11.2 Å². The molecule has 6 nitrogen and oxygen atoms in total. The van der Waals surface area contributed by atoms with Crippen molar-refractivity contribution in [3.8, 4) is 5.95 Å². The Kier molecular flexibility index (Phi) is 5.41. The Labute approximate surface area is 153 Å². The van der Waals surface area contributed by atoms with Crippen molar-refractivity contribution >= 4 is 11.6 Å². The van der Waals surface area contributed by atoms with Crippen molar-refractivity contribution in [1.29, 1.82) is 0 Å². The Balaban J connectivity index is 1.56. The number of rotatable bonds is 6. The number of anilines is 1. The Hall–Kier alpha value is -3.02. The largest absolute Gasteiger partial charge is 0.323 e. The van der Waals surface area contributed by atoms with Crippen LogP contribution < -0.4 is 5.32 Å². The number of nitrogens with zero attached hydrogens (tertiary/aromatic N) is 4. The first-order chi connectivity index (χ1) is 12.5. The van der Waals surface area contributed by atoms with Gasteiger partial charge in [0.05, 0.1) is 23.8 Å². The molecule has 0 unspecified atom stereocenters. The number of hydrogen-bond acceptors (Lipinski definition) is 4. The van der Waals surface area contributed by atoms with Crippen molar-refractivity contribution in [3.63, 3.8) is 0 Å². The predicted octanol–water partition coefficient (Wildman–Crippen LogP) is 3.55. The first-order valence-electron chi connectivity index (χ1n) is 8.73. The molecule has 3 rings (SSSR count). The second kappa shape index (κ2) is 7.91. The summed E-state index contributed by atoms with van der Waals surface area (Å²) < 4.78 is 1.90. The molecule has 0 atom stereocenters. The average Bonchev–Trinajstić information content (AvgIpc) is 2.89. The maximum atomic E-state index is 12.1. The number of imidazole rings is 1. The molecule has 1 amide bonds. The smallest absolute Gasteiger partial charge is 0.235 e. The zero-order valence-corrected chi connectivity index (χ0v) is 15.4. The quantitative estimate of drug-likeness (QED) is 0.739. The number of carbonyl (C=O) groups excluding carboxylic acids is 1. The molecule has 0 aliphatic heterocycles. The molecule has 6 heteroatoms. The summed E-state index contributed by atoms with van der Waals surface area (Å²) >= 11 is 0. The third kappa shape index (κ3) is 4.14. The van der Waals surface area contributed by atoms with Crippen LogP contribution in [0.15, 0.2) is 42.7 Å². The van der Waals surface area contributed by atoms with E-state index in [0.29, 0.717) is 18.1 Å². The summed E-state index contributed by atoms with van der Waals surface area (Å²) in [6.07, 6.45) is 5.43. The highest BCUT2D eigenvalue weighted by molar-refractivity contribution is 5.90. The van der Waals surface area contributed by atoms with Crippen LogP contribution in [0.1, 0.15) is 35.6 Å². The molecular weight excluding hydrogens is 326 g/mol. The third-order valence-corrected chi connectivity index (χ3v) is 4.35. The summed E-state index contributed by atoms with van der Waals surface area (Å²) in [5.41, 5.74) is 3.82. The second-order valence-electron chi connectivity index (χ2n) is 6.32. The molecule has 1 N–H and O–H groups in total. The third-order valence-electron chi connectivity index (χ3n) is 4.35. The van der Waals surface area contributed by atoms with E-state index in [2.05, 4.69) is 32.4 Å². The topological polar surface area (TPSA) is 72.7 Å². The normalized spacial score (nSPS) is 10.7. The zero-order chi connectivity index (χ0) is 18.5. The number of aryl methyl sites for hydroxylation is 3. The minimum absolute atomic E-state index is 0.0249. The number of hydrogen-bond donors (Lipinski definition) is 1. The highest BCUT2D eigenvalue weighted by atomic mass is 16.1. The summed E-state index contributed by atoms with van der Waals surface area (Å²) in [6, 6.07) is 10.2. The molecule has 0 aliphatic rings. The van der Waals surface area contributed by atoms with E-state index in [4.69, 9.17) is 0 Å². The molecule has 0 saturated carbocycles. The van der Waals surface area contributed by atoms with Crippen LogP contribution in [0.3, 0.4) is 0 Å². The van der Waals surface area contributed by atoms with Crippen LogP contribution in [-0.4, -0.2) is 25.4 Å². The lowest BCUT2D eigenvalue weighted by atomic mass is 10.1. The summed E-state index contributed by atoms with van der Waals surface area (Å²) in [4.78, 5) is 25.2. The Morgan fingerprint density at radius 1 is 1.08 bits per heavy atom. The number of carbonyl (C=O) groups is 1. The zero-order valence-electron chi connectivity index (χ0n) is 15.4. The predicted molar refractivity (Wildman–Crippen MR) is 101 cm³/mol. The lowest BCUT2D eigenvalue weighted by Gasteiger charge is -2.08. The monoisotopic (exact) mass is 349 g/mol. The van der Waals surface area contributed by atoms with Gasteiger partial charge in [-0.2, -0.15) is 0 Å². The molecule has 0 aliphatic carbocycles. The van der Waals surface area contributed by atoms with Crippen molar-refractivity contribution < 1.29 is 4.79 Å². The van der Waals surface area contributed by atoms with Crippen LogP contribution in [0.25, 0.3) is 5.95 Å². The van der Waals surface area contributed by atoms with Gasteiger partial charge >= 0.3 is 0 Å². The van der Waals surface area contributed by atoms with E-state index in [0.717, 1.165) is 30.1 Å². The van der Waals surface area contributed by atoms with Gasteiger partial charge in [-0.25, -0.2) is 15.0 Å². The van der Waals surface area contributed by atoms with Crippen molar-refractivity contribution in [3.05, 3.63) is 65.5 Å². The minimum atomic E-state index is -0.0249. The first-order valence-corrected chi connectivity index (χ1v) is 8.73. The van der Waals surface area contributed by atoms with E-state index in [1.54, 1.807) is 12.4 Å². The standard InChI is InChI=1S/C20H23N5O/c1-14-15(2)25(16(3)23-14)20-21-12-18(13-22-20)24-19(26)11-7-10-17-8-5-4-6-9-17/h4-6,8-9,12-13H,7,10-11H2,1-3H3,(H,24,26). The maximum absolute atomic E-state index is 12.1. The molecule has 2 aromatic heterocycles. The fourth-order valence-corrected chi connectivity index (χ4v) is 2.90. The fraction of sp³-hybridized carbons (Fsp3) is 0.300. The van der Waals surface area contributed by atoms with E-state index < -0.39 is 0 Å². The van der Waals surface area contributed by atoms with Crippen molar-refractivity contribution in [1.82, 2.24) is 19.5 Å². The van der Waals surface area contributed by atoms with E-state index >= 15 is 0 Å². The Morgan fingerprint density at radius 2 is 1.77 bits per heavy atom. The summed E-state index contributed by atoms with van der Waals surface area (Å²) in [6.45, 7) is 5.87. The molecule has 3 aromatic rings. The maximum Gasteiger partial charge on any atom is 0.235 e. The van der Waals surface area contributed by atoms with Gasteiger partial charge in [0.25, 0.3) is 0 Å². The SMILES string of the molecule is Cc1nc(C)n(-c2ncc(NC(=O)CCCc3ccccc3)cn2)c1C. The van der Waals surface area contributed by atoms with Crippen molar-refractivity contribution in [2.45, 2.75) is 40.0 Å². The molecule has 0 fully saturated rings. The summed E-state index contributed by atoms with van der Waals surface area (Å²) in [5.74, 6) is 1.38. The number of benzene rings is 1. The van der Waals surface area contributed by atoms with Gasteiger partial charge in [-0.05, 0) is 39.2 Å². The van der Waals surface area contributed by atoms with Crippen molar-refractivity contribution in [2.24, 2.45) is 0 Å². The second-order valence-corrected chi connectivity index (χ2v) is 6.32. The highest BCUT2D eigenvalue weighted by Gasteiger charge is 2.11. The van der Waals surface area contributed by atoms with E-state index in [9.17, 15) is 4.79 Å². The fourth-order valence-electron chi connectivity index (χ4n) is 2.90. The van der Waals surface area contributed by atoms with Crippen molar-refractivity contribution in [2.75, 3.05) is 5.32 Å². The lowest BCUT2D eigenvalue weighted by molar-refractivity contribution is -0.116. The van der Waals surface area contributed by atoms with Gasteiger partial charge in [-0.1, -0.05) is 30.3 Å². The number of amides is 1. The van der Waals surface area contributed by atoms with Gasteiger partial charge in [0.2, 0.25) is 11.9 Å². The summed E-state index contributed by atoms with van der Waals surface area (Å²) in [5, 5.41) is 2.85. The van der Waals surface area contributed by atoms with Crippen LogP contribution in [0, 0.1) is 20.8 Å². The lowest BCUT2D eigenvalue weighted by Crippen LogP contribution is -2.13. The van der Waals surface area contributed by atoms with Crippen LogP contribution in [0.4, 0.5) is 5.69 Å². The summed E-state index contributed by atoms with van der Waals surface area (Å²) in [7, 11) is 0. The molecule has 2 heterocycles.